The first-order chi connectivity index (χ1) is 9.90. The minimum atomic E-state index is -0.389. The Bertz CT molecular complexity index is 465. The largest absolute Gasteiger partial charge is 0.377 e. The number of ketones is 1. The van der Waals surface area contributed by atoms with Crippen LogP contribution in [0.1, 0.15) is 47.0 Å². The Balaban J connectivity index is 2.90. The van der Waals surface area contributed by atoms with Crippen molar-refractivity contribution in [2.24, 2.45) is 5.92 Å². The third-order valence-corrected chi connectivity index (χ3v) is 3.97. The van der Waals surface area contributed by atoms with Crippen molar-refractivity contribution in [3.63, 3.8) is 0 Å². The fourth-order valence-corrected chi connectivity index (χ4v) is 2.62. The van der Waals surface area contributed by atoms with Gasteiger partial charge < -0.3 is 10.2 Å². The Labute approximate surface area is 127 Å². The fraction of sp³-hybridized carbons (Fsp3) is 0.688. The van der Waals surface area contributed by atoms with E-state index in [4.69, 9.17) is 5.26 Å². The molecule has 0 aromatic rings. The minimum absolute atomic E-state index is 0.0373. The molecule has 1 amide bonds. The number of rotatable bonds is 6. The van der Waals surface area contributed by atoms with Gasteiger partial charge in [-0.05, 0) is 38.7 Å². The van der Waals surface area contributed by atoms with Crippen LogP contribution in [0.15, 0.2) is 11.8 Å². The van der Waals surface area contributed by atoms with Crippen molar-refractivity contribution in [2.45, 2.75) is 59.0 Å². The number of allylic oxidation sites excluding steroid dienone is 2. The van der Waals surface area contributed by atoms with Gasteiger partial charge in [0.1, 0.15) is 12.1 Å². The van der Waals surface area contributed by atoms with Gasteiger partial charge in [0.05, 0.1) is 6.07 Å². The second kappa shape index (κ2) is 7.82. The number of likely N-dealkylation sites (tertiary alicyclic amines) is 1. The summed E-state index contributed by atoms with van der Waals surface area (Å²) in [6, 6.07) is 1.49. The van der Waals surface area contributed by atoms with Crippen molar-refractivity contribution in [1.29, 1.82) is 5.26 Å². The smallest absolute Gasteiger partial charge is 0.246 e. The molecule has 0 radical (unpaired) electrons. The molecule has 1 rings (SSSR count). The molecule has 3 atom stereocenters. The summed E-state index contributed by atoms with van der Waals surface area (Å²) in [5, 5.41) is 12.3. The summed E-state index contributed by atoms with van der Waals surface area (Å²) in [6.45, 7) is 7.95. The summed E-state index contributed by atoms with van der Waals surface area (Å²) in [4.78, 5) is 25.6. The SMILES string of the molecule is CCC(C)[C@H](N/C(C)=C/C(C)=O)C(=O)N1CCC[C@H]1C#N. The summed E-state index contributed by atoms with van der Waals surface area (Å²) < 4.78 is 0. The molecule has 0 aromatic carbocycles. The third-order valence-electron chi connectivity index (χ3n) is 3.97. The van der Waals surface area contributed by atoms with E-state index in [1.165, 1.54) is 13.0 Å². The molecule has 5 nitrogen and oxygen atoms in total. The first-order valence-corrected chi connectivity index (χ1v) is 7.56. The van der Waals surface area contributed by atoms with Crippen LogP contribution in [0.5, 0.6) is 0 Å². The van der Waals surface area contributed by atoms with E-state index in [9.17, 15) is 9.59 Å². The van der Waals surface area contributed by atoms with Crippen molar-refractivity contribution in [3.8, 4) is 6.07 Å². The van der Waals surface area contributed by atoms with Crippen molar-refractivity contribution in [2.75, 3.05) is 6.54 Å². The van der Waals surface area contributed by atoms with Crippen LogP contribution >= 0.6 is 0 Å². The van der Waals surface area contributed by atoms with Crippen LogP contribution in [0.4, 0.5) is 0 Å². The van der Waals surface area contributed by atoms with E-state index in [0.29, 0.717) is 12.2 Å². The molecule has 1 saturated heterocycles. The van der Waals surface area contributed by atoms with Gasteiger partial charge in [0.25, 0.3) is 0 Å². The molecule has 1 fully saturated rings. The number of carbonyl (C=O) groups is 2. The van der Waals surface area contributed by atoms with Gasteiger partial charge in [0, 0.05) is 12.2 Å². The molecule has 116 valence electrons. The Morgan fingerprint density at radius 1 is 1.48 bits per heavy atom. The van der Waals surface area contributed by atoms with Crippen LogP contribution in [0.25, 0.3) is 0 Å². The summed E-state index contributed by atoms with van der Waals surface area (Å²) in [6.07, 6.45) is 3.97. The summed E-state index contributed by atoms with van der Waals surface area (Å²) in [5.41, 5.74) is 0.689. The zero-order valence-corrected chi connectivity index (χ0v) is 13.3. The van der Waals surface area contributed by atoms with E-state index in [0.717, 1.165) is 19.3 Å². The van der Waals surface area contributed by atoms with Crippen molar-refractivity contribution in [1.82, 2.24) is 10.2 Å². The van der Waals surface area contributed by atoms with Gasteiger partial charge in [-0.2, -0.15) is 5.26 Å². The fourth-order valence-electron chi connectivity index (χ4n) is 2.62. The topological polar surface area (TPSA) is 73.2 Å². The van der Waals surface area contributed by atoms with Crippen molar-refractivity contribution >= 4 is 11.7 Å². The van der Waals surface area contributed by atoms with Gasteiger partial charge in [-0.1, -0.05) is 20.3 Å². The Kier molecular flexibility index (Phi) is 6.41. The second-order valence-corrected chi connectivity index (χ2v) is 5.76. The van der Waals surface area contributed by atoms with E-state index < -0.39 is 0 Å². The van der Waals surface area contributed by atoms with Crippen LogP contribution in [0.3, 0.4) is 0 Å². The van der Waals surface area contributed by atoms with E-state index >= 15 is 0 Å². The van der Waals surface area contributed by atoms with Gasteiger partial charge in [-0.15, -0.1) is 0 Å². The molecule has 0 bridgehead atoms. The maximum Gasteiger partial charge on any atom is 0.246 e. The number of nitrogens with one attached hydrogen (secondary N) is 1. The Hall–Kier alpha value is -1.83. The van der Waals surface area contributed by atoms with E-state index in [2.05, 4.69) is 11.4 Å². The highest BCUT2D eigenvalue weighted by Gasteiger charge is 2.35. The van der Waals surface area contributed by atoms with E-state index in [-0.39, 0.29) is 29.7 Å². The van der Waals surface area contributed by atoms with Gasteiger partial charge in [-0.25, -0.2) is 0 Å². The highest BCUT2D eigenvalue weighted by Crippen LogP contribution is 2.21. The van der Waals surface area contributed by atoms with Gasteiger partial charge in [0.2, 0.25) is 5.91 Å². The van der Waals surface area contributed by atoms with Crippen LogP contribution in [-0.4, -0.2) is 35.2 Å². The molecule has 0 spiro atoms. The zero-order chi connectivity index (χ0) is 16.0. The summed E-state index contributed by atoms with van der Waals surface area (Å²) >= 11 is 0. The van der Waals surface area contributed by atoms with Gasteiger partial charge in [0.15, 0.2) is 5.78 Å². The highest BCUT2D eigenvalue weighted by atomic mass is 16.2. The molecule has 1 aliphatic heterocycles. The molecule has 0 aromatic heterocycles. The van der Waals surface area contributed by atoms with Gasteiger partial charge in [-0.3, -0.25) is 9.59 Å². The van der Waals surface area contributed by atoms with E-state index in [1.807, 2.05) is 13.8 Å². The third kappa shape index (κ3) is 4.59. The number of hydrogen-bond acceptors (Lipinski definition) is 4. The quantitative estimate of drug-likeness (QED) is 0.760. The predicted molar refractivity (Wildman–Crippen MR) is 81.2 cm³/mol. The lowest BCUT2D eigenvalue weighted by Crippen LogP contribution is -2.50. The van der Waals surface area contributed by atoms with Crippen LogP contribution in [0.2, 0.25) is 0 Å². The maximum absolute atomic E-state index is 12.7. The molecular formula is C16H25N3O2. The summed E-state index contributed by atoms with van der Waals surface area (Å²) in [5.74, 6) is 0.0453. The molecule has 0 aliphatic carbocycles. The van der Waals surface area contributed by atoms with Crippen LogP contribution in [-0.2, 0) is 9.59 Å². The molecular weight excluding hydrogens is 266 g/mol. The molecule has 5 heteroatoms. The highest BCUT2D eigenvalue weighted by molar-refractivity contribution is 5.88. The molecule has 21 heavy (non-hydrogen) atoms. The minimum Gasteiger partial charge on any atom is -0.377 e. The number of nitriles is 1. The summed E-state index contributed by atoms with van der Waals surface area (Å²) in [7, 11) is 0. The lowest BCUT2D eigenvalue weighted by Gasteiger charge is -2.30. The number of amides is 1. The molecule has 1 unspecified atom stereocenters. The predicted octanol–water partition coefficient (Wildman–Crippen LogP) is 2.00. The lowest BCUT2D eigenvalue weighted by atomic mass is 9.97. The number of nitrogens with zero attached hydrogens (tertiary/aromatic N) is 2. The molecule has 1 heterocycles. The van der Waals surface area contributed by atoms with Gasteiger partial charge >= 0.3 is 0 Å². The number of carbonyl (C=O) groups excluding carboxylic acids is 2. The molecule has 1 N–H and O–H groups in total. The Morgan fingerprint density at radius 3 is 2.67 bits per heavy atom. The van der Waals surface area contributed by atoms with Crippen LogP contribution in [0, 0.1) is 17.2 Å². The standard InChI is InChI=1S/C16H25N3O2/c1-5-11(2)15(18-12(3)9-13(4)20)16(21)19-8-6-7-14(19)10-17/h9,11,14-15,18H,5-8H2,1-4H3/b12-9+/t11?,14-,15-/m0/s1. The van der Waals surface area contributed by atoms with Crippen LogP contribution < -0.4 is 5.32 Å². The average Bonchev–Trinajstić information content (AvgIpc) is 2.90. The van der Waals surface area contributed by atoms with Crippen molar-refractivity contribution in [3.05, 3.63) is 11.8 Å². The molecule has 0 saturated carbocycles. The average molecular weight is 291 g/mol. The van der Waals surface area contributed by atoms with E-state index in [1.54, 1.807) is 11.8 Å². The maximum atomic E-state index is 12.7. The second-order valence-electron chi connectivity index (χ2n) is 5.76. The number of hydrogen-bond donors (Lipinski definition) is 1. The first kappa shape index (κ1) is 17.2. The zero-order valence-electron chi connectivity index (χ0n) is 13.3. The Morgan fingerprint density at radius 2 is 2.14 bits per heavy atom. The van der Waals surface area contributed by atoms with Crippen molar-refractivity contribution < 1.29 is 9.59 Å². The normalized spacial score (nSPS) is 21.6. The first-order valence-electron chi connectivity index (χ1n) is 7.56. The monoisotopic (exact) mass is 291 g/mol. The molecule has 1 aliphatic rings. The lowest BCUT2D eigenvalue weighted by molar-refractivity contribution is -0.134.